The van der Waals surface area contributed by atoms with Gasteiger partial charge in [-0.05, 0) is 43.7 Å². The van der Waals surface area contributed by atoms with E-state index in [-0.39, 0.29) is 5.69 Å². The smallest absolute Gasteiger partial charge is 0.269 e. The minimum atomic E-state index is -0.393. The van der Waals surface area contributed by atoms with Gasteiger partial charge in [0.05, 0.1) is 16.3 Å². The number of imidazole rings is 1. The highest BCUT2D eigenvalue weighted by molar-refractivity contribution is 5.68. The lowest BCUT2D eigenvalue weighted by atomic mass is 10.1. The van der Waals surface area contributed by atoms with Crippen molar-refractivity contribution in [1.29, 1.82) is 0 Å². The van der Waals surface area contributed by atoms with Crippen LogP contribution in [-0.2, 0) is 13.1 Å². The fourth-order valence-corrected chi connectivity index (χ4v) is 3.66. The normalized spacial score (nSPS) is 11.5. The quantitative estimate of drug-likeness (QED) is 0.342. The first-order valence-corrected chi connectivity index (χ1v) is 10.2. The van der Waals surface area contributed by atoms with Gasteiger partial charge < -0.3 is 10.1 Å². The van der Waals surface area contributed by atoms with Crippen molar-refractivity contribution in [3.63, 3.8) is 0 Å². The van der Waals surface area contributed by atoms with Crippen LogP contribution in [0, 0.1) is 10.1 Å². The summed E-state index contributed by atoms with van der Waals surface area (Å²) in [5, 5.41) is 11.1. The van der Waals surface area contributed by atoms with Crippen molar-refractivity contribution in [1.82, 2.24) is 14.3 Å². The summed E-state index contributed by atoms with van der Waals surface area (Å²) in [6.07, 6.45) is 1.88. The van der Waals surface area contributed by atoms with E-state index in [9.17, 15) is 10.1 Å². The highest BCUT2D eigenvalue weighted by Gasteiger charge is 2.20. The van der Waals surface area contributed by atoms with Gasteiger partial charge >= 0.3 is 0 Å². The minimum Gasteiger partial charge on any atom is -0.398 e. The highest BCUT2D eigenvalue weighted by Crippen LogP contribution is 2.29. The first-order chi connectivity index (χ1) is 14.9. The van der Waals surface area contributed by atoms with Crippen molar-refractivity contribution in [2.24, 2.45) is 0 Å². The van der Waals surface area contributed by atoms with Crippen molar-refractivity contribution in [3.05, 3.63) is 94.3 Å². The zero-order valence-corrected chi connectivity index (χ0v) is 17.6. The van der Waals surface area contributed by atoms with Gasteiger partial charge in [-0.25, -0.2) is 4.98 Å². The Bertz CT molecular complexity index is 1200. The summed E-state index contributed by atoms with van der Waals surface area (Å²) in [6.45, 7) is 5.80. The SMILES string of the molecule is CC(C)N(Cc1ccccc1)Cc1c(-c2ccc([N+](=O)[O-])cc2)nc2ccc(N)cn12. The Morgan fingerprint density at radius 3 is 2.39 bits per heavy atom. The zero-order chi connectivity index (χ0) is 22.0. The number of nitro benzene ring substituents is 1. The number of hydrogen-bond acceptors (Lipinski definition) is 5. The maximum Gasteiger partial charge on any atom is 0.269 e. The van der Waals surface area contributed by atoms with Crippen LogP contribution in [0.1, 0.15) is 25.1 Å². The third-order valence-electron chi connectivity index (χ3n) is 5.40. The van der Waals surface area contributed by atoms with E-state index >= 15 is 0 Å². The number of non-ortho nitro benzene ring substituents is 1. The van der Waals surface area contributed by atoms with Gasteiger partial charge in [-0.15, -0.1) is 0 Å². The second-order valence-electron chi connectivity index (χ2n) is 7.89. The third-order valence-corrected chi connectivity index (χ3v) is 5.40. The van der Waals surface area contributed by atoms with Gasteiger partial charge in [0, 0.05) is 48.7 Å². The molecule has 0 aliphatic heterocycles. The van der Waals surface area contributed by atoms with Crippen molar-refractivity contribution >= 4 is 17.0 Å². The Balaban J connectivity index is 1.78. The number of pyridine rings is 1. The van der Waals surface area contributed by atoms with Crippen LogP contribution >= 0.6 is 0 Å². The maximum atomic E-state index is 11.1. The van der Waals surface area contributed by atoms with E-state index in [2.05, 4.69) is 30.9 Å². The Morgan fingerprint density at radius 2 is 1.74 bits per heavy atom. The van der Waals surface area contributed by atoms with Crippen molar-refractivity contribution in [2.75, 3.05) is 5.73 Å². The summed E-state index contributed by atoms with van der Waals surface area (Å²) in [7, 11) is 0. The standard InChI is InChI=1S/C24H25N5O2/c1-17(2)27(14-18-6-4-3-5-7-18)16-22-24(19-8-11-21(12-9-19)29(30)31)26-23-13-10-20(25)15-28(22)23/h3-13,15,17H,14,16,25H2,1-2H3. The number of aromatic nitrogens is 2. The van der Waals surface area contributed by atoms with Crippen LogP contribution in [0.4, 0.5) is 11.4 Å². The molecule has 2 heterocycles. The summed E-state index contributed by atoms with van der Waals surface area (Å²) in [5.74, 6) is 0. The van der Waals surface area contributed by atoms with Crippen LogP contribution in [0.15, 0.2) is 72.9 Å². The molecular formula is C24H25N5O2. The van der Waals surface area contributed by atoms with E-state index in [1.807, 2.05) is 40.9 Å². The van der Waals surface area contributed by atoms with Crippen LogP contribution in [0.2, 0.25) is 0 Å². The molecule has 158 valence electrons. The van der Waals surface area contributed by atoms with Crippen molar-refractivity contribution in [2.45, 2.75) is 33.0 Å². The van der Waals surface area contributed by atoms with Gasteiger partial charge in [-0.1, -0.05) is 30.3 Å². The Labute approximate surface area is 180 Å². The summed E-state index contributed by atoms with van der Waals surface area (Å²) >= 11 is 0. The topological polar surface area (TPSA) is 89.7 Å². The molecule has 0 saturated heterocycles. The lowest BCUT2D eigenvalue weighted by molar-refractivity contribution is -0.384. The average Bonchev–Trinajstić information content (AvgIpc) is 3.11. The largest absolute Gasteiger partial charge is 0.398 e. The molecule has 0 saturated carbocycles. The molecule has 7 heteroatoms. The average molecular weight is 415 g/mol. The Kier molecular flexibility index (Phi) is 5.68. The number of nitrogens with zero attached hydrogens (tertiary/aromatic N) is 4. The third kappa shape index (κ3) is 4.41. The first kappa shape index (κ1) is 20.6. The number of anilines is 1. The lowest BCUT2D eigenvalue weighted by Crippen LogP contribution is -2.30. The van der Waals surface area contributed by atoms with Crippen LogP contribution < -0.4 is 5.73 Å². The van der Waals surface area contributed by atoms with Crippen LogP contribution in [0.3, 0.4) is 0 Å². The molecule has 4 aromatic rings. The van der Waals surface area contributed by atoms with Gasteiger partial charge in [0.15, 0.2) is 0 Å². The van der Waals surface area contributed by atoms with E-state index in [0.29, 0.717) is 18.3 Å². The van der Waals surface area contributed by atoms with E-state index in [1.165, 1.54) is 17.7 Å². The second-order valence-corrected chi connectivity index (χ2v) is 7.89. The van der Waals surface area contributed by atoms with Gasteiger partial charge in [0.25, 0.3) is 5.69 Å². The monoisotopic (exact) mass is 415 g/mol. The molecule has 7 nitrogen and oxygen atoms in total. The van der Waals surface area contributed by atoms with Crippen LogP contribution in [-0.4, -0.2) is 25.2 Å². The molecule has 0 atom stereocenters. The maximum absolute atomic E-state index is 11.1. The number of benzene rings is 2. The summed E-state index contributed by atoms with van der Waals surface area (Å²) in [4.78, 5) is 17.9. The number of nitrogens with two attached hydrogens (primary N) is 1. The molecule has 2 N–H and O–H groups in total. The number of rotatable bonds is 7. The van der Waals surface area contributed by atoms with E-state index < -0.39 is 4.92 Å². The summed E-state index contributed by atoms with van der Waals surface area (Å²) in [5.41, 5.74) is 11.5. The Morgan fingerprint density at radius 1 is 1.03 bits per heavy atom. The fourth-order valence-electron chi connectivity index (χ4n) is 3.66. The second kappa shape index (κ2) is 8.57. The van der Waals surface area contributed by atoms with E-state index in [0.717, 1.165) is 29.1 Å². The molecule has 0 fully saturated rings. The van der Waals surface area contributed by atoms with E-state index in [4.69, 9.17) is 10.7 Å². The molecule has 0 aliphatic rings. The molecule has 31 heavy (non-hydrogen) atoms. The molecule has 2 aromatic heterocycles. The molecular weight excluding hydrogens is 390 g/mol. The van der Waals surface area contributed by atoms with Crippen LogP contribution in [0.5, 0.6) is 0 Å². The zero-order valence-electron chi connectivity index (χ0n) is 17.6. The molecule has 0 aliphatic carbocycles. The van der Waals surface area contributed by atoms with Gasteiger partial charge in [0.2, 0.25) is 0 Å². The Hall–Kier alpha value is -3.71. The van der Waals surface area contributed by atoms with Crippen molar-refractivity contribution in [3.8, 4) is 11.3 Å². The van der Waals surface area contributed by atoms with Gasteiger partial charge in [-0.2, -0.15) is 0 Å². The molecule has 0 unspecified atom stereocenters. The number of hydrogen-bond donors (Lipinski definition) is 1. The summed E-state index contributed by atoms with van der Waals surface area (Å²) < 4.78 is 2.02. The predicted molar refractivity (Wildman–Crippen MR) is 123 cm³/mol. The van der Waals surface area contributed by atoms with E-state index in [1.54, 1.807) is 12.1 Å². The first-order valence-electron chi connectivity index (χ1n) is 10.2. The highest BCUT2D eigenvalue weighted by atomic mass is 16.6. The summed E-state index contributed by atoms with van der Waals surface area (Å²) in [6, 6.07) is 20.9. The van der Waals surface area contributed by atoms with Crippen molar-refractivity contribution < 1.29 is 4.92 Å². The molecule has 4 rings (SSSR count). The number of nitrogen functional groups attached to an aromatic ring is 1. The van der Waals surface area contributed by atoms with Gasteiger partial charge in [-0.3, -0.25) is 15.0 Å². The molecule has 2 aromatic carbocycles. The minimum absolute atomic E-state index is 0.0613. The molecule has 0 spiro atoms. The number of fused-ring (bicyclic) bond motifs is 1. The van der Waals surface area contributed by atoms with Gasteiger partial charge in [0.1, 0.15) is 5.65 Å². The molecule has 0 amide bonds. The predicted octanol–water partition coefficient (Wildman–Crippen LogP) is 4.90. The molecule has 0 bridgehead atoms. The van der Waals surface area contributed by atoms with Crippen LogP contribution in [0.25, 0.3) is 16.9 Å². The molecule has 0 radical (unpaired) electrons. The lowest BCUT2D eigenvalue weighted by Gasteiger charge is -2.27. The number of nitro groups is 1. The fraction of sp³-hybridized carbons (Fsp3) is 0.208.